The Morgan fingerprint density at radius 3 is 1.70 bits per heavy atom. The molecule has 246 valence electrons. The van der Waals surface area contributed by atoms with Gasteiger partial charge < -0.3 is 4.42 Å². The number of rotatable bonds is 4. The molecule has 0 amide bonds. The lowest BCUT2D eigenvalue weighted by atomic mass is 9.94. The van der Waals surface area contributed by atoms with E-state index in [0.717, 1.165) is 60.5 Å². The zero-order valence-electron chi connectivity index (χ0n) is 28.5. The third-order valence-corrected chi connectivity index (χ3v) is 10.5. The van der Waals surface area contributed by atoms with Crippen LogP contribution in [0.5, 0.6) is 0 Å². The van der Waals surface area contributed by atoms with E-state index in [0.29, 0.717) is 17.5 Å². The molecule has 0 aliphatic heterocycles. The van der Waals surface area contributed by atoms with E-state index in [1.165, 1.54) is 32.3 Å². The van der Waals surface area contributed by atoms with Crippen LogP contribution in [0.4, 0.5) is 0 Å². The van der Waals surface area contributed by atoms with Gasteiger partial charge in [0.2, 0.25) is 0 Å². The Hall–Kier alpha value is -7.17. The highest BCUT2D eigenvalue weighted by atomic mass is 16.3. The van der Waals surface area contributed by atoms with Gasteiger partial charge in [-0.05, 0) is 72.4 Å². The molecule has 53 heavy (non-hydrogen) atoms. The summed E-state index contributed by atoms with van der Waals surface area (Å²) in [6.07, 6.45) is 0. The van der Waals surface area contributed by atoms with Gasteiger partial charge >= 0.3 is 0 Å². The molecule has 2 heterocycles. The van der Waals surface area contributed by atoms with Crippen LogP contribution in [0.25, 0.3) is 110 Å². The van der Waals surface area contributed by atoms with Crippen molar-refractivity contribution in [1.29, 1.82) is 0 Å². The lowest BCUT2D eigenvalue weighted by molar-refractivity contribution is 0.669. The number of furan rings is 1. The number of hydrogen-bond acceptors (Lipinski definition) is 4. The van der Waals surface area contributed by atoms with Gasteiger partial charge in [-0.25, -0.2) is 15.0 Å². The van der Waals surface area contributed by atoms with E-state index in [4.69, 9.17) is 19.4 Å². The van der Waals surface area contributed by atoms with Crippen molar-refractivity contribution >= 4 is 65.0 Å². The molecule has 0 unspecified atom stereocenters. The van der Waals surface area contributed by atoms with Crippen molar-refractivity contribution in [2.75, 3.05) is 0 Å². The first-order chi connectivity index (χ1) is 26.3. The summed E-state index contributed by atoms with van der Waals surface area (Å²) in [4.78, 5) is 15.5. The van der Waals surface area contributed by atoms with Crippen molar-refractivity contribution < 1.29 is 4.42 Å². The molecule has 0 atom stereocenters. The van der Waals surface area contributed by atoms with Crippen molar-refractivity contribution in [3.05, 3.63) is 176 Å². The van der Waals surface area contributed by atoms with Crippen LogP contribution in [0, 0.1) is 0 Å². The molecule has 4 heteroatoms. The first kappa shape index (κ1) is 29.5. The van der Waals surface area contributed by atoms with Gasteiger partial charge in [0.15, 0.2) is 17.5 Å². The zero-order valence-corrected chi connectivity index (χ0v) is 28.5. The molecular weight excluding hydrogens is 647 g/mol. The molecule has 0 spiro atoms. The molecule has 0 aliphatic carbocycles. The summed E-state index contributed by atoms with van der Waals surface area (Å²) in [5, 5.41) is 11.7. The first-order valence-corrected chi connectivity index (χ1v) is 17.9. The number of aromatic nitrogens is 3. The first-order valence-electron chi connectivity index (χ1n) is 17.9. The van der Waals surface area contributed by atoms with Crippen LogP contribution in [-0.2, 0) is 0 Å². The summed E-state index contributed by atoms with van der Waals surface area (Å²) < 4.78 is 6.65. The Bertz CT molecular complexity index is 3220. The van der Waals surface area contributed by atoms with Crippen molar-refractivity contribution in [3.8, 4) is 45.3 Å². The maximum atomic E-state index is 6.65. The van der Waals surface area contributed by atoms with Crippen molar-refractivity contribution in [2.24, 2.45) is 0 Å². The minimum Gasteiger partial charge on any atom is -0.456 e. The van der Waals surface area contributed by atoms with Crippen LogP contribution >= 0.6 is 0 Å². The Kier molecular flexibility index (Phi) is 6.52. The molecule has 11 aromatic rings. The zero-order chi connectivity index (χ0) is 34.9. The molecule has 4 nitrogen and oxygen atoms in total. The van der Waals surface area contributed by atoms with E-state index in [1.54, 1.807) is 0 Å². The molecule has 0 N–H and O–H groups in total. The van der Waals surface area contributed by atoms with Gasteiger partial charge in [-0.1, -0.05) is 158 Å². The van der Waals surface area contributed by atoms with Gasteiger partial charge in [-0.15, -0.1) is 0 Å². The Morgan fingerprint density at radius 2 is 0.906 bits per heavy atom. The van der Waals surface area contributed by atoms with Crippen molar-refractivity contribution in [2.45, 2.75) is 0 Å². The predicted molar refractivity (Wildman–Crippen MR) is 219 cm³/mol. The monoisotopic (exact) mass is 675 g/mol. The fourth-order valence-corrected chi connectivity index (χ4v) is 8.03. The molecule has 0 saturated carbocycles. The number of nitrogens with zero attached hydrogens (tertiary/aromatic N) is 3. The van der Waals surface area contributed by atoms with Crippen LogP contribution in [0.15, 0.2) is 180 Å². The normalized spacial score (nSPS) is 11.8. The summed E-state index contributed by atoms with van der Waals surface area (Å²) in [5.41, 5.74) is 6.67. The largest absolute Gasteiger partial charge is 0.456 e. The number of hydrogen-bond donors (Lipinski definition) is 0. The highest BCUT2D eigenvalue weighted by Gasteiger charge is 2.21. The van der Waals surface area contributed by atoms with Gasteiger partial charge in [-0.2, -0.15) is 0 Å². The van der Waals surface area contributed by atoms with E-state index in [-0.39, 0.29) is 0 Å². The second kappa shape index (κ2) is 11.7. The molecule has 0 bridgehead atoms. The summed E-state index contributed by atoms with van der Waals surface area (Å²) >= 11 is 0. The average molecular weight is 676 g/mol. The third-order valence-electron chi connectivity index (χ3n) is 10.5. The molecule has 0 radical (unpaired) electrons. The van der Waals surface area contributed by atoms with Crippen molar-refractivity contribution in [3.63, 3.8) is 0 Å². The lowest BCUT2D eigenvalue weighted by Gasteiger charge is -2.12. The van der Waals surface area contributed by atoms with Crippen LogP contribution in [0.3, 0.4) is 0 Å². The van der Waals surface area contributed by atoms with E-state index >= 15 is 0 Å². The van der Waals surface area contributed by atoms with E-state index in [9.17, 15) is 0 Å². The molecule has 0 fully saturated rings. The molecule has 0 saturated heterocycles. The maximum Gasteiger partial charge on any atom is 0.164 e. The second-order valence-electron chi connectivity index (χ2n) is 13.5. The van der Waals surface area contributed by atoms with E-state index in [2.05, 4.69) is 127 Å². The van der Waals surface area contributed by atoms with Gasteiger partial charge in [0.05, 0.1) is 0 Å². The summed E-state index contributed by atoms with van der Waals surface area (Å²) in [5.74, 6) is 1.84. The van der Waals surface area contributed by atoms with Gasteiger partial charge in [-0.3, -0.25) is 0 Å². The molecule has 0 aliphatic rings. The minimum absolute atomic E-state index is 0.600. The topological polar surface area (TPSA) is 51.8 Å². The quantitative estimate of drug-likeness (QED) is 0.174. The van der Waals surface area contributed by atoms with E-state index < -0.39 is 0 Å². The van der Waals surface area contributed by atoms with Gasteiger partial charge in [0.25, 0.3) is 0 Å². The van der Waals surface area contributed by atoms with E-state index in [1.807, 2.05) is 48.5 Å². The Labute approximate surface area is 304 Å². The van der Waals surface area contributed by atoms with Crippen molar-refractivity contribution in [1.82, 2.24) is 15.0 Å². The van der Waals surface area contributed by atoms with Crippen LogP contribution in [0.1, 0.15) is 0 Å². The summed E-state index contributed by atoms with van der Waals surface area (Å²) in [7, 11) is 0. The standard InChI is InChI=1S/C49H29N3O/c1-3-12-30(13-4-1)42-29-44-45(40-19-10-9-18-37(40)42)46-41(20-11-21-43(46)53-44)49-51-47(32-15-5-2-6-16-32)50-48(52-49)34-24-25-36-33(28-34)23-27-38-35-17-8-7-14-31(35)22-26-39(36)38/h1-29H. The predicted octanol–water partition coefficient (Wildman–Crippen LogP) is 13.1. The Balaban J connectivity index is 1.14. The molecule has 9 aromatic carbocycles. The highest BCUT2D eigenvalue weighted by molar-refractivity contribution is 6.25. The average Bonchev–Trinajstić information content (AvgIpc) is 3.62. The summed E-state index contributed by atoms with van der Waals surface area (Å²) in [6.45, 7) is 0. The summed E-state index contributed by atoms with van der Waals surface area (Å²) in [6, 6.07) is 61.5. The number of benzene rings is 9. The number of fused-ring (bicyclic) bond motifs is 10. The van der Waals surface area contributed by atoms with Crippen LogP contribution in [0.2, 0.25) is 0 Å². The van der Waals surface area contributed by atoms with Gasteiger partial charge in [0, 0.05) is 27.5 Å². The SMILES string of the molecule is c1ccc(-c2nc(-c3ccc4c(ccc5c6ccccc6ccc45)c3)nc(-c3cccc4oc5cc(-c6ccccc6)c6ccccc6c5c34)n2)cc1. The fourth-order valence-electron chi connectivity index (χ4n) is 8.03. The smallest absolute Gasteiger partial charge is 0.164 e. The van der Waals surface area contributed by atoms with Gasteiger partial charge in [0.1, 0.15) is 11.2 Å². The highest BCUT2D eigenvalue weighted by Crippen LogP contribution is 2.43. The second-order valence-corrected chi connectivity index (χ2v) is 13.5. The molecular formula is C49H29N3O. The molecule has 11 rings (SSSR count). The fraction of sp³-hybridized carbons (Fsp3) is 0. The lowest BCUT2D eigenvalue weighted by Crippen LogP contribution is -2.00. The Morgan fingerprint density at radius 1 is 0.302 bits per heavy atom. The minimum atomic E-state index is 0.600. The third kappa shape index (κ3) is 4.73. The molecule has 2 aromatic heterocycles. The van der Waals surface area contributed by atoms with Crippen LogP contribution < -0.4 is 0 Å². The maximum absolute atomic E-state index is 6.65. The van der Waals surface area contributed by atoms with Crippen LogP contribution in [-0.4, -0.2) is 15.0 Å².